The number of nitrogens with one attached hydrogen (secondary N) is 2. The van der Waals surface area contributed by atoms with Gasteiger partial charge in [0.2, 0.25) is 0 Å². The number of rotatable bonds is 6. The third-order valence-electron chi connectivity index (χ3n) is 3.93. The van der Waals surface area contributed by atoms with Crippen molar-refractivity contribution in [2.45, 2.75) is 19.8 Å². The van der Waals surface area contributed by atoms with Crippen molar-refractivity contribution in [3.05, 3.63) is 59.4 Å². The predicted octanol–water partition coefficient (Wildman–Crippen LogP) is 3.24. The van der Waals surface area contributed by atoms with E-state index < -0.39 is 0 Å². The van der Waals surface area contributed by atoms with E-state index in [1.165, 1.54) is 0 Å². The van der Waals surface area contributed by atoms with E-state index in [4.69, 9.17) is 4.74 Å². The molecule has 0 atom stereocenters. The number of aromatic amines is 1. The van der Waals surface area contributed by atoms with E-state index in [2.05, 4.69) is 15.3 Å². The topological polar surface area (TPSA) is 67.0 Å². The average Bonchev–Trinajstić information content (AvgIpc) is 3.00. The fraction of sp³-hybridized carbons (Fsp3) is 0.263. The van der Waals surface area contributed by atoms with Crippen LogP contribution >= 0.6 is 0 Å². The van der Waals surface area contributed by atoms with Crippen LogP contribution in [0, 0.1) is 6.92 Å². The van der Waals surface area contributed by atoms with E-state index in [1.807, 2.05) is 49.4 Å². The number of benzene rings is 2. The SMILES string of the molecule is COc1ccc2nc(CCCNC(=O)c3ccc(C)cc3)[nH]c2c1. The maximum absolute atomic E-state index is 12.0. The molecule has 5 nitrogen and oxygen atoms in total. The Balaban J connectivity index is 1.51. The quantitative estimate of drug-likeness (QED) is 0.684. The number of imidazole rings is 1. The Hall–Kier alpha value is -2.82. The summed E-state index contributed by atoms with van der Waals surface area (Å²) in [4.78, 5) is 19.9. The van der Waals surface area contributed by atoms with Crippen molar-refractivity contribution in [3.8, 4) is 5.75 Å². The van der Waals surface area contributed by atoms with Crippen molar-refractivity contribution in [3.63, 3.8) is 0 Å². The number of nitrogens with zero attached hydrogens (tertiary/aromatic N) is 1. The summed E-state index contributed by atoms with van der Waals surface area (Å²) in [6.45, 7) is 2.62. The summed E-state index contributed by atoms with van der Waals surface area (Å²) >= 11 is 0. The van der Waals surface area contributed by atoms with E-state index in [9.17, 15) is 4.79 Å². The number of carbonyl (C=O) groups excluding carboxylic acids is 1. The number of aromatic nitrogens is 2. The highest BCUT2D eigenvalue weighted by Crippen LogP contribution is 2.19. The van der Waals surface area contributed by atoms with Gasteiger partial charge in [0.05, 0.1) is 18.1 Å². The van der Waals surface area contributed by atoms with Gasteiger partial charge in [-0.1, -0.05) is 17.7 Å². The molecule has 0 aliphatic carbocycles. The zero-order valence-corrected chi connectivity index (χ0v) is 13.9. The van der Waals surface area contributed by atoms with Gasteiger partial charge >= 0.3 is 0 Å². The van der Waals surface area contributed by atoms with E-state index >= 15 is 0 Å². The minimum Gasteiger partial charge on any atom is -0.497 e. The Morgan fingerprint density at radius 3 is 2.75 bits per heavy atom. The summed E-state index contributed by atoms with van der Waals surface area (Å²) in [5, 5.41) is 2.94. The van der Waals surface area contributed by atoms with Gasteiger partial charge in [0, 0.05) is 24.6 Å². The number of amides is 1. The number of fused-ring (bicyclic) bond motifs is 1. The van der Waals surface area contributed by atoms with Gasteiger partial charge in [-0.2, -0.15) is 0 Å². The molecule has 0 radical (unpaired) electrons. The van der Waals surface area contributed by atoms with Crippen LogP contribution in [-0.2, 0) is 6.42 Å². The van der Waals surface area contributed by atoms with Gasteiger partial charge in [-0.05, 0) is 37.6 Å². The van der Waals surface area contributed by atoms with E-state index in [0.717, 1.165) is 41.0 Å². The summed E-state index contributed by atoms with van der Waals surface area (Å²) in [6.07, 6.45) is 1.61. The molecule has 2 N–H and O–H groups in total. The molecule has 0 fully saturated rings. The van der Waals surface area contributed by atoms with Gasteiger partial charge in [-0.15, -0.1) is 0 Å². The fourth-order valence-corrected chi connectivity index (χ4v) is 2.55. The maximum Gasteiger partial charge on any atom is 0.251 e. The average molecular weight is 323 g/mol. The molecular formula is C19H21N3O2. The molecule has 0 aliphatic rings. The second kappa shape index (κ2) is 7.17. The standard InChI is InChI=1S/C19H21N3O2/c1-13-5-7-14(8-6-13)19(23)20-11-3-4-18-21-16-10-9-15(24-2)12-17(16)22-18/h5-10,12H,3-4,11H2,1-2H3,(H,20,23)(H,21,22). The molecular weight excluding hydrogens is 302 g/mol. The summed E-state index contributed by atoms with van der Waals surface area (Å²) in [5.41, 5.74) is 3.73. The summed E-state index contributed by atoms with van der Waals surface area (Å²) in [5.74, 6) is 1.69. The first-order chi connectivity index (χ1) is 11.7. The van der Waals surface area contributed by atoms with Crippen LogP contribution in [0.2, 0.25) is 0 Å². The van der Waals surface area contributed by atoms with Crippen LogP contribution in [0.4, 0.5) is 0 Å². The molecule has 124 valence electrons. The molecule has 0 bridgehead atoms. The van der Waals surface area contributed by atoms with Gasteiger partial charge in [0.15, 0.2) is 0 Å². The molecule has 3 aromatic rings. The van der Waals surface area contributed by atoms with Crippen LogP contribution in [0.3, 0.4) is 0 Å². The van der Waals surface area contributed by atoms with E-state index in [-0.39, 0.29) is 5.91 Å². The lowest BCUT2D eigenvalue weighted by Crippen LogP contribution is -2.24. The number of H-pyrrole nitrogens is 1. The van der Waals surface area contributed by atoms with E-state index in [0.29, 0.717) is 12.1 Å². The number of hydrogen-bond acceptors (Lipinski definition) is 3. The van der Waals surface area contributed by atoms with Gasteiger partial charge in [0.25, 0.3) is 5.91 Å². The van der Waals surface area contributed by atoms with Gasteiger partial charge in [-0.3, -0.25) is 4.79 Å². The smallest absolute Gasteiger partial charge is 0.251 e. The predicted molar refractivity (Wildman–Crippen MR) is 94.5 cm³/mol. The van der Waals surface area contributed by atoms with Crippen molar-refractivity contribution < 1.29 is 9.53 Å². The molecule has 0 unspecified atom stereocenters. The lowest BCUT2D eigenvalue weighted by Gasteiger charge is -2.04. The molecule has 1 aromatic heterocycles. The molecule has 2 aromatic carbocycles. The Kier molecular flexibility index (Phi) is 4.79. The van der Waals surface area contributed by atoms with Crippen LogP contribution in [0.1, 0.15) is 28.2 Å². The van der Waals surface area contributed by atoms with Crippen LogP contribution in [0.5, 0.6) is 5.75 Å². The largest absolute Gasteiger partial charge is 0.497 e. The van der Waals surface area contributed by atoms with Crippen molar-refractivity contribution in [2.75, 3.05) is 13.7 Å². The van der Waals surface area contributed by atoms with Crippen LogP contribution < -0.4 is 10.1 Å². The van der Waals surface area contributed by atoms with Gasteiger partial charge in [0.1, 0.15) is 11.6 Å². The maximum atomic E-state index is 12.0. The first kappa shape index (κ1) is 16.1. The summed E-state index contributed by atoms with van der Waals surface area (Å²) in [7, 11) is 1.65. The molecule has 1 heterocycles. The monoisotopic (exact) mass is 323 g/mol. The van der Waals surface area contributed by atoms with Crippen LogP contribution in [0.25, 0.3) is 11.0 Å². The Labute approximate surface area is 141 Å². The van der Waals surface area contributed by atoms with Crippen LogP contribution in [0.15, 0.2) is 42.5 Å². The van der Waals surface area contributed by atoms with Crippen molar-refractivity contribution in [2.24, 2.45) is 0 Å². The lowest BCUT2D eigenvalue weighted by molar-refractivity contribution is 0.0953. The molecule has 3 rings (SSSR count). The van der Waals surface area contributed by atoms with Gasteiger partial charge in [-0.25, -0.2) is 4.98 Å². The third-order valence-corrected chi connectivity index (χ3v) is 3.93. The molecule has 0 spiro atoms. The Morgan fingerprint density at radius 1 is 1.21 bits per heavy atom. The number of hydrogen-bond donors (Lipinski definition) is 2. The zero-order valence-electron chi connectivity index (χ0n) is 13.9. The highest BCUT2D eigenvalue weighted by Gasteiger charge is 2.06. The second-order valence-corrected chi connectivity index (χ2v) is 5.79. The molecule has 0 saturated carbocycles. The van der Waals surface area contributed by atoms with Crippen molar-refractivity contribution in [1.29, 1.82) is 0 Å². The van der Waals surface area contributed by atoms with Crippen molar-refractivity contribution >= 4 is 16.9 Å². The van der Waals surface area contributed by atoms with Crippen molar-refractivity contribution in [1.82, 2.24) is 15.3 Å². The highest BCUT2D eigenvalue weighted by molar-refractivity contribution is 5.94. The number of aryl methyl sites for hydroxylation is 2. The minimum atomic E-state index is -0.0376. The van der Waals surface area contributed by atoms with Gasteiger partial charge < -0.3 is 15.0 Å². The zero-order chi connectivity index (χ0) is 16.9. The summed E-state index contributed by atoms with van der Waals surface area (Å²) in [6, 6.07) is 13.3. The number of carbonyl (C=O) groups is 1. The first-order valence-electron chi connectivity index (χ1n) is 8.03. The Morgan fingerprint density at radius 2 is 2.00 bits per heavy atom. The molecule has 5 heteroatoms. The molecule has 0 saturated heterocycles. The van der Waals surface area contributed by atoms with E-state index in [1.54, 1.807) is 7.11 Å². The second-order valence-electron chi connectivity index (χ2n) is 5.79. The third kappa shape index (κ3) is 3.74. The lowest BCUT2D eigenvalue weighted by atomic mass is 10.1. The fourth-order valence-electron chi connectivity index (χ4n) is 2.55. The molecule has 0 aliphatic heterocycles. The normalized spacial score (nSPS) is 10.8. The minimum absolute atomic E-state index is 0.0376. The molecule has 1 amide bonds. The first-order valence-corrected chi connectivity index (χ1v) is 8.03. The van der Waals surface area contributed by atoms with Crippen LogP contribution in [-0.4, -0.2) is 29.5 Å². The number of methoxy groups -OCH3 is 1. The highest BCUT2D eigenvalue weighted by atomic mass is 16.5. The number of ether oxygens (including phenoxy) is 1. The Bertz CT molecular complexity index is 837. The summed E-state index contributed by atoms with van der Waals surface area (Å²) < 4.78 is 5.21. The molecule has 24 heavy (non-hydrogen) atoms.